The van der Waals surface area contributed by atoms with Crippen LogP contribution in [0.1, 0.15) is 47.7 Å². The molecule has 0 bridgehead atoms. The summed E-state index contributed by atoms with van der Waals surface area (Å²) in [6, 6.07) is 23.3. The fourth-order valence-electron chi connectivity index (χ4n) is 3.76. The van der Waals surface area contributed by atoms with Crippen LogP contribution in [0.4, 0.5) is 0 Å². The van der Waals surface area contributed by atoms with E-state index in [-0.39, 0.29) is 11.6 Å². The molecule has 0 aliphatic rings. The number of nitrogens with zero attached hydrogens (tertiary/aromatic N) is 1. The number of benzene rings is 3. The molecule has 0 unspecified atom stereocenters. The molecule has 0 aromatic heterocycles. The van der Waals surface area contributed by atoms with Crippen LogP contribution in [0.25, 0.3) is 6.08 Å². The molecule has 1 N–H and O–H groups in total. The molecule has 0 radical (unpaired) electrons. The lowest BCUT2D eigenvalue weighted by atomic mass is 10.0. The molecule has 0 aliphatic heterocycles. The standard InChI is InChI=1S/C31H32N2O3/c1-5-10-27-17-25(18-28(20-32)31(34)33-23(4)26-11-8-7-9-12-26)19-29(35-6-2)30(27)36-21-24-15-13-22(3)14-16-24/h5,7-9,11-19,23H,1,6,10,21H2,2-4H3,(H,33,34)/b28-18-/t23-/m0/s1. The fourth-order valence-corrected chi connectivity index (χ4v) is 3.76. The molecule has 0 saturated carbocycles. The number of nitrogens with one attached hydrogen (secondary N) is 1. The van der Waals surface area contributed by atoms with Gasteiger partial charge in [-0.2, -0.15) is 5.26 Å². The quantitative estimate of drug-likeness (QED) is 0.194. The minimum absolute atomic E-state index is 0.0121. The number of carbonyl (C=O) groups is 1. The number of carbonyl (C=O) groups excluding carboxylic acids is 1. The summed E-state index contributed by atoms with van der Waals surface area (Å²) in [6.45, 7) is 10.5. The molecule has 1 atom stereocenters. The highest BCUT2D eigenvalue weighted by atomic mass is 16.5. The Balaban J connectivity index is 1.89. The Bertz CT molecular complexity index is 1260. The Morgan fingerprint density at radius 2 is 1.83 bits per heavy atom. The maximum Gasteiger partial charge on any atom is 0.262 e. The van der Waals surface area contributed by atoms with Gasteiger partial charge in [0.1, 0.15) is 18.2 Å². The first-order chi connectivity index (χ1) is 17.4. The third-order valence-electron chi connectivity index (χ3n) is 5.65. The van der Waals surface area contributed by atoms with Crippen molar-refractivity contribution in [2.45, 2.75) is 39.8 Å². The number of hydrogen-bond donors (Lipinski definition) is 1. The molecule has 3 aromatic rings. The first-order valence-electron chi connectivity index (χ1n) is 12.0. The zero-order chi connectivity index (χ0) is 25.9. The highest BCUT2D eigenvalue weighted by molar-refractivity contribution is 6.02. The Labute approximate surface area is 213 Å². The van der Waals surface area contributed by atoms with Crippen LogP contribution in [0.2, 0.25) is 0 Å². The second-order valence-electron chi connectivity index (χ2n) is 8.48. The predicted molar refractivity (Wildman–Crippen MR) is 144 cm³/mol. The van der Waals surface area contributed by atoms with Crippen LogP contribution in [-0.2, 0) is 17.8 Å². The van der Waals surface area contributed by atoms with E-state index in [1.165, 1.54) is 5.56 Å². The molecule has 184 valence electrons. The van der Waals surface area contributed by atoms with Gasteiger partial charge in [-0.1, -0.05) is 66.2 Å². The summed E-state index contributed by atoms with van der Waals surface area (Å²) in [5, 5.41) is 12.6. The molecule has 36 heavy (non-hydrogen) atoms. The van der Waals surface area contributed by atoms with E-state index >= 15 is 0 Å². The summed E-state index contributed by atoms with van der Waals surface area (Å²) >= 11 is 0. The van der Waals surface area contributed by atoms with Gasteiger partial charge in [-0.25, -0.2) is 0 Å². The summed E-state index contributed by atoms with van der Waals surface area (Å²) in [5.74, 6) is 0.762. The summed E-state index contributed by atoms with van der Waals surface area (Å²) in [5.41, 5.74) is 4.75. The highest BCUT2D eigenvalue weighted by Crippen LogP contribution is 2.35. The first kappa shape index (κ1) is 26.3. The molecule has 3 rings (SSSR count). The van der Waals surface area contributed by atoms with Crippen molar-refractivity contribution < 1.29 is 14.3 Å². The van der Waals surface area contributed by atoms with Gasteiger partial charge in [0, 0.05) is 5.56 Å². The van der Waals surface area contributed by atoms with E-state index in [0.717, 1.165) is 16.7 Å². The van der Waals surface area contributed by atoms with Gasteiger partial charge in [-0.3, -0.25) is 4.79 Å². The minimum Gasteiger partial charge on any atom is -0.490 e. The van der Waals surface area contributed by atoms with Crippen molar-refractivity contribution in [3.05, 3.63) is 113 Å². The monoisotopic (exact) mass is 480 g/mol. The van der Waals surface area contributed by atoms with Gasteiger partial charge in [-0.15, -0.1) is 6.58 Å². The second kappa shape index (κ2) is 13.0. The van der Waals surface area contributed by atoms with Gasteiger partial charge in [0.05, 0.1) is 12.6 Å². The van der Waals surface area contributed by atoms with Crippen molar-refractivity contribution in [1.29, 1.82) is 5.26 Å². The van der Waals surface area contributed by atoms with Crippen molar-refractivity contribution in [2.75, 3.05) is 6.61 Å². The Morgan fingerprint density at radius 3 is 2.47 bits per heavy atom. The first-order valence-corrected chi connectivity index (χ1v) is 12.0. The zero-order valence-corrected chi connectivity index (χ0v) is 21.1. The van der Waals surface area contributed by atoms with E-state index in [4.69, 9.17) is 9.47 Å². The lowest BCUT2D eigenvalue weighted by Gasteiger charge is -2.17. The summed E-state index contributed by atoms with van der Waals surface area (Å²) in [7, 11) is 0. The summed E-state index contributed by atoms with van der Waals surface area (Å²) in [4.78, 5) is 12.9. The van der Waals surface area contributed by atoms with Gasteiger partial charge in [-0.05, 0) is 62.1 Å². The number of hydrogen-bond acceptors (Lipinski definition) is 4. The van der Waals surface area contributed by atoms with Crippen molar-refractivity contribution in [2.24, 2.45) is 0 Å². The smallest absolute Gasteiger partial charge is 0.262 e. The van der Waals surface area contributed by atoms with Crippen LogP contribution in [0.5, 0.6) is 11.5 Å². The fraction of sp³-hybridized carbons (Fsp3) is 0.226. The van der Waals surface area contributed by atoms with E-state index in [1.807, 2.05) is 87.5 Å². The normalized spacial score (nSPS) is 11.8. The average Bonchev–Trinajstić information content (AvgIpc) is 2.88. The van der Waals surface area contributed by atoms with Gasteiger partial charge in [0.15, 0.2) is 11.5 Å². The van der Waals surface area contributed by atoms with Crippen LogP contribution in [-0.4, -0.2) is 12.5 Å². The molecule has 1 amide bonds. The molecule has 0 saturated heterocycles. The van der Waals surface area contributed by atoms with Gasteiger partial charge in [0.25, 0.3) is 5.91 Å². The molecule has 0 spiro atoms. The van der Waals surface area contributed by atoms with Crippen LogP contribution in [0.15, 0.2) is 85.0 Å². The van der Waals surface area contributed by atoms with Crippen LogP contribution in [0.3, 0.4) is 0 Å². The van der Waals surface area contributed by atoms with E-state index in [9.17, 15) is 10.1 Å². The van der Waals surface area contributed by atoms with Gasteiger partial charge >= 0.3 is 0 Å². The maximum atomic E-state index is 12.9. The van der Waals surface area contributed by atoms with Crippen molar-refractivity contribution in [3.8, 4) is 17.6 Å². The van der Waals surface area contributed by atoms with E-state index in [2.05, 4.69) is 11.9 Å². The SMILES string of the molecule is C=CCc1cc(/C=C(/C#N)C(=O)N[C@@H](C)c2ccccc2)cc(OCC)c1OCc1ccc(C)cc1. The summed E-state index contributed by atoms with van der Waals surface area (Å²) < 4.78 is 12.1. The summed E-state index contributed by atoms with van der Waals surface area (Å²) in [6.07, 6.45) is 3.91. The molecule has 3 aromatic carbocycles. The predicted octanol–water partition coefficient (Wildman–Crippen LogP) is 6.49. The number of nitriles is 1. The van der Waals surface area contributed by atoms with Crippen molar-refractivity contribution >= 4 is 12.0 Å². The third kappa shape index (κ3) is 7.10. The number of ether oxygens (including phenoxy) is 2. The molecule has 0 fully saturated rings. The largest absolute Gasteiger partial charge is 0.490 e. The van der Waals surface area contributed by atoms with Crippen LogP contribution in [0, 0.1) is 18.3 Å². The lowest BCUT2D eigenvalue weighted by Crippen LogP contribution is -2.27. The average molecular weight is 481 g/mol. The zero-order valence-electron chi connectivity index (χ0n) is 21.1. The number of aryl methyl sites for hydroxylation is 1. The second-order valence-corrected chi connectivity index (χ2v) is 8.48. The molecule has 0 aliphatic carbocycles. The van der Waals surface area contributed by atoms with Crippen LogP contribution >= 0.6 is 0 Å². The molecule has 5 heteroatoms. The highest BCUT2D eigenvalue weighted by Gasteiger charge is 2.17. The Morgan fingerprint density at radius 1 is 1.11 bits per heavy atom. The maximum absolute atomic E-state index is 12.9. The van der Waals surface area contributed by atoms with Crippen LogP contribution < -0.4 is 14.8 Å². The minimum atomic E-state index is -0.434. The number of rotatable bonds is 11. The Hall–Kier alpha value is -4.30. The van der Waals surface area contributed by atoms with Gasteiger partial charge in [0.2, 0.25) is 0 Å². The molecule has 0 heterocycles. The number of allylic oxidation sites excluding steroid dienone is 1. The topological polar surface area (TPSA) is 71.4 Å². The van der Waals surface area contributed by atoms with Gasteiger partial charge < -0.3 is 14.8 Å². The number of amides is 1. The van der Waals surface area contributed by atoms with E-state index in [0.29, 0.717) is 36.7 Å². The Kier molecular flexibility index (Phi) is 9.48. The van der Waals surface area contributed by atoms with E-state index in [1.54, 1.807) is 18.2 Å². The molecule has 5 nitrogen and oxygen atoms in total. The molecular formula is C31H32N2O3. The van der Waals surface area contributed by atoms with Crippen molar-refractivity contribution in [3.63, 3.8) is 0 Å². The van der Waals surface area contributed by atoms with Crippen molar-refractivity contribution in [1.82, 2.24) is 5.32 Å². The lowest BCUT2D eigenvalue weighted by molar-refractivity contribution is -0.117. The molecular weight excluding hydrogens is 448 g/mol. The van der Waals surface area contributed by atoms with E-state index < -0.39 is 5.91 Å². The third-order valence-corrected chi connectivity index (χ3v) is 5.65.